The van der Waals surface area contributed by atoms with Gasteiger partial charge in [-0.2, -0.15) is 5.26 Å². The van der Waals surface area contributed by atoms with Gasteiger partial charge in [0, 0.05) is 0 Å². The molecule has 0 aliphatic heterocycles. The van der Waals surface area contributed by atoms with Crippen molar-refractivity contribution in [2.75, 3.05) is 6.54 Å². The molecule has 2 heteroatoms. The molecule has 1 unspecified atom stereocenters. The van der Waals surface area contributed by atoms with Crippen LogP contribution in [0.25, 0.3) is 0 Å². The highest BCUT2D eigenvalue weighted by Crippen LogP contribution is 2.15. The molecule has 0 aromatic heterocycles. The van der Waals surface area contributed by atoms with Crippen molar-refractivity contribution >= 4 is 0 Å². The van der Waals surface area contributed by atoms with Crippen LogP contribution in [0.1, 0.15) is 40.5 Å². The van der Waals surface area contributed by atoms with Gasteiger partial charge in [-0.3, -0.25) is 5.32 Å². The van der Waals surface area contributed by atoms with E-state index in [1.807, 2.05) is 6.92 Å². The zero-order chi connectivity index (χ0) is 9.61. The van der Waals surface area contributed by atoms with Crippen LogP contribution in [-0.2, 0) is 0 Å². The van der Waals surface area contributed by atoms with Crippen molar-refractivity contribution in [1.82, 2.24) is 5.32 Å². The Labute approximate surface area is 76.0 Å². The lowest BCUT2D eigenvalue weighted by Gasteiger charge is -2.24. The third kappa shape index (κ3) is 4.35. The molecule has 0 aromatic carbocycles. The van der Waals surface area contributed by atoms with Crippen LogP contribution in [0, 0.1) is 17.2 Å². The number of hydrogen-bond acceptors (Lipinski definition) is 2. The minimum atomic E-state index is -0.329. The molecule has 0 rings (SSSR count). The summed E-state index contributed by atoms with van der Waals surface area (Å²) < 4.78 is 0. The Morgan fingerprint density at radius 1 is 1.50 bits per heavy atom. The molecule has 0 saturated heterocycles. The van der Waals surface area contributed by atoms with E-state index in [-0.39, 0.29) is 5.54 Å². The second-order valence-electron chi connectivity index (χ2n) is 3.97. The number of nitrogens with zero attached hydrogens (tertiary/aromatic N) is 1. The maximum Gasteiger partial charge on any atom is 0.104 e. The Morgan fingerprint density at radius 2 is 2.08 bits per heavy atom. The van der Waals surface area contributed by atoms with Gasteiger partial charge in [0.2, 0.25) is 0 Å². The monoisotopic (exact) mass is 168 g/mol. The predicted molar refractivity (Wildman–Crippen MR) is 51.8 cm³/mol. The largest absolute Gasteiger partial charge is 0.300 e. The molecule has 2 nitrogen and oxygen atoms in total. The molecule has 0 saturated carbocycles. The smallest absolute Gasteiger partial charge is 0.104 e. The summed E-state index contributed by atoms with van der Waals surface area (Å²) in [6, 6.07) is 2.33. The fourth-order valence-electron chi connectivity index (χ4n) is 1.37. The molecule has 1 N–H and O–H groups in total. The molecular weight excluding hydrogens is 148 g/mol. The van der Waals surface area contributed by atoms with Crippen molar-refractivity contribution < 1.29 is 0 Å². The van der Waals surface area contributed by atoms with Gasteiger partial charge in [-0.15, -0.1) is 0 Å². The van der Waals surface area contributed by atoms with Crippen LogP contribution in [0.3, 0.4) is 0 Å². The molecule has 0 amide bonds. The lowest BCUT2D eigenvalue weighted by Crippen LogP contribution is -2.42. The summed E-state index contributed by atoms with van der Waals surface area (Å²) in [5, 5.41) is 12.2. The Hall–Kier alpha value is -0.550. The molecule has 1 atom stereocenters. The highest BCUT2D eigenvalue weighted by molar-refractivity contribution is 5.03. The first-order chi connectivity index (χ1) is 5.54. The van der Waals surface area contributed by atoms with Crippen LogP contribution in [0.15, 0.2) is 0 Å². The average Bonchev–Trinajstić information content (AvgIpc) is 2.00. The third-order valence-electron chi connectivity index (χ3n) is 1.83. The van der Waals surface area contributed by atoms with Crippen LogP contribution in [0.2, 0.25) is 0 Å². The van der Waals surface area contributed by atoms with Gasteiger partial charge in [-0.1, -0.05) is 20.8 Å². The van der Waals surface area contributed by atoms with Crippen molar-refractivity contribution in [3.8, 4) is 6.07 Å². The molecule has 0 aliphatic carbocycles. The third-order valence-corrected chi connectivity index (χ3v) is 1.83. The number of nitrogens with one attached hydrogen (secondary N) is 1. The van der Waals surface area contributed by atoms with E-state index in [9.17, 15) is 0 Å². The first kappa shape index (κ1) is 11.4. The summed E-state index contributed by atoms with van der Waals surface area (Å²) in [4.78, 5) is 0. The topological polar surface area (TPSA) is 35.8 Å². The first-order valence-corrected chi connectivity index (χ1v) is 4.70. The van der Waals surface area contributed by atoms with E-state index in [1.165, 1.54) is 0 Å². The fraction of sp³-hybridized carbons (Fsp3) is 0.900. The fourth-order valence-corrected chi connectivity index (χ4v) is 1.37. The molecule has 0 bridgehead atoms. The van der Waals surface area contributed by atoms with Crippen molar-refractivity contribution in [2.45, 2.75) is 46.1 Å². The van der Waals surface area contributed by atoms with E-state index in [0.29, 0.717) is 5.92 Å². The Morgan fingerprint density at radius 3 is 2.42 bits per heavy atom. The quantitative estimate of drug-likeness (QED) is 0.683. The standard InChI is InChI=1S/C10H20N2/c1-5-6-12-10(4,8-11)7-9(2)3/h9,12H,5-7H2,1-4H3. The average molecular weight is 168 g/mol. The minimum absolute atomic E-state index is 0.329. The van der Waals surface area contributed by atoms with Gasteiger partial charge in [0.1, 0.15) is 5.54 Å². The molecule has 0 radical (unpaired) electrons. The lowest BCUT2D eigenvalue weighted by molar-refractivity contribution is 0.365. The Bertz CT molecular complexity index is 158. The van der Waals surface area contributed by atoms with Crippen molar-refractivity contribution in [2.24, 2.45) is 5.92 Å². The predicted octanol–water partition coefficient (Wildman–Crippen LogP) is 2.31. The summed E-state index contributed by atoms with van der Waals surface area (Å²) in [6.07, 6.45) is 2.00. The maximum atomic E-state index is 8.95. The van der Waals surface area contributed by atoms with Gasteiger partial charge in [-0.05, 0) is 32.2 Å². The van der Waals surface area contributed by atoms with E-state index in [4.69, 9.17) is 5.26 Å². The van der Waals surface area contributed by atoms with Crippen molar-refractivity contribution in [3.05, 3.63) is 0 Å². The van der Waals surface area contributed by atoms with Gasteiger partial charge >= 0.3 is 0 Å². The maximum absolute atomic E-state index is 8.95. The first-order valence-electron chi connectivity index (χ1n) is 4.70. The van der Waals surface area contributed by atoms with E-state index in [1.54, 1.807) is 0 Å². The molecule has 0 aliphatic rings. The summed E-state index contributed by atoms with van der Waals surface area (Å²) in [7, 11) is 0. The van der Waals surface area contributed by atoms with Gasteiger partial charge in [0.05, 0.1) is 6.07 Å². The molecule has 12 heavy (non-hydrogen) atoms. The summed E-state index contributed by atoms with van der Waals surface area (Å²) in [5.74, 6) is 0.569. The Kier molecular flexibility index (Phi) is 4.92. The lowest BCUT2D eigenvalue weighted by atomic mass is 9.92. The van der Waals surface area contributed by atoms with E-state index in [0.717, 1.165) is 19.4 Å². The highest BCUT2D eigenvalue weighted by atomic mass is 15.0. The SMILES string of the molecule is CCCNC(C)(C#N)CC(C)C. The van der Waals surface area contributed by atoms with E-state index in [2.05, 4.69) is 32.2 Å². The van der Waals surface area contributed by atoms with Crippen molar-refractivity contribution in [3.63, 3.8) is 0 Å². The molecule has 0 spiro atoms. The second kappa shape index (κ2) is 5.16. The number of nitriles is 1. The van der Waals surface area contributed by atoms with Crippen LogP contribution in [0.5, 0.6) is 0 Å². The molecule has 0 aromatic rings. The Balaban J connectivity index is 3.98. The van der Waals surface area contributed by atoms with E-state index >= 15 is 0 Å². The zero-order valence-corrected chi connectivity index (χ0v) is 8.65. The molecule has 70 valence electrons. The number of rotatable bonds is 5. The van der Waals surface area contributed by atoms with Gasteiger partial charge in [0.25, 0.3) is 0 Å². The zero-order valence-electron chi connectivity index (χ0n) is 8.65. The van der Waals surface area contributed by atoms with E-state index < -0.39 is 0 Å². The van der Waals surface area contributed by atoms with Crippen LogP contribution in [0.4, 0.5) is 0 Å². The molecule has 0 heterocycles. The number of hydrogen-bond donors (Lipinski definition) is 1. The molecule has 0 fully saturated rings. The summed E-state index contributed by atoms with van der Waals surface area (Å²) >= 11 is 0. The van der Waals surface area contributed by atoms with Gasteiger partial charge in [0.15, 0.2) is 0 Å². The van der Waals surface area contributed by atoms with Gasteiger partial charge in [-0.25, -0.2) is 0 Å². The highest BCUT2D eigenvalue weighted by Gasteiger charge is 2.23. The normalized spacial score (nSPS) is 15.7. The van der Waals surface area contributed by atoms with Crippen LogP contribution < -0.4 is 5.32 Å². The second-order valence-corrected chi connectivity index (χ2v) is 3.97. The van der Waals surface area contributed by atoms with Crippen molar-refractivity contribution in [1.29, 1.82) is 5.26 Å². The minimum Gasteiger partial charge on any atom is -0.300 e. The molecular formula is C10H20N2. The van der Waals surface area contributed by atoms with Crippen LogP contribution >= 0.6 is 0 Å². The summed E-state index contributed by atoms with van der Waals surface area (Å²) in [6.45, 7) is 9.30. The van der Waals surface area contributed by atoms with Crippen LogP contribution in [-0.4, -0.2) is 12.1 Å². The van der Waals surface area contributed by atoms with Gasteiger partial charge < -0.3 is 0 Å². The summed E-state index contributed by atoms with van der Waals surface area (Å²) in [5.41, 5.74) is -0.329.